The van der Waals surface area contributed by atoms with Crippen molar-refractivity contribution >= 4 is 22.8 Å². The highest BCUT2D eigenvalue weighted by Gasteiger charge is 2.32. The van der Waals surface area contributed by atoms with E-state index < -0.39 is 11.9 Å². The Kier molecular flexibility index (Phi) is 3.95. The fourth-order valence-electron chi connectivity index (χ4n) is 4.16. The molecule has 0 bridgehead atoms. The number of hydrogen-bond donors (Lipinski definition) is 2. The quantitative estimate of drug-likeness (QED) is 0.790. The number of aryl methyl sites for hydroxylation is 1. The van der Waals surface area contributed by atoms with Gasteiger partial charge in [-0.15, -0.1) is 0 Å². The van der Waals surface area contributed by atoms with Crippen LogP contribution in [0.25, 0.3) is 11.0 Å². The minimum Gasteiger partial charge on any atom is -0.317 e. The number of carbonyl (C=O) groups excluding carboxylic acids is 2. The number of amides is 2. The summed E-state index contributed by atoms with van der Waals surface area (Å²) in [5.41, 5.74) is 2.65. The largest absolute Gasteiger partial charge is 0.329 e. The molecule has 4 rings (SSSR count). The predicted octanol–water partition coefficient (Wildman–Crippen LogP) is 0.785. The molecule has 0 radical (unpaired) electrons. The third-order valence-corrected chi connectivity index (χ3v) is 5.43. The zero-order chi connectivity index (χ0) is 17.6. The van der Waals surface area contributed by atoms with Crippen LogP contribution in [-0.4, -0.2) is 34.0 Å². The van der Waals surface area contributed by atoms with Crippen LogP contribution in [-0.2, 0) is 16.6 Å². The van der Waals surface area contributed by atoms with E-state index in [1.54, 1.807) is 16.2 Å². The molecule has 2 saturated heterocycles. The van der Waals surface area contributed by atoms with Gasteiger partial charge < -0.3 is 5.32 Å². The predicted molar refractivity (Wildman–Crippen MR) is 93.4 cm³/mol. The van der Waals surface area contributed by atoms with Crippen molar-refractivity contribution in [3.05, 3.63) is 34.2 Å². The number of nitrogens with zero attached hydrogens (tertiary/aromatic N) is 2. The summed E-state index contributed by atoms with van der Waals surface area (Å²) in [4.78, 5) is 36.6. The summed E-state index contributed by atoms with van der Waals surface area (Å²) in [6.45, 7) is 1.95. The van der Waals surface area contributed by atoms with Crippen LogP contribution in [0.3, 0.4) is 0 Å². The third kappa shape index (κ3) is 2.59. The zero-order valence-electron chi connectivity index (χ0n) is 14.2. The van der Waals surface area contributed by atoms with Crippen molar-refractivity contribution in [2.45, 2.75) is 37.6 Å². The Labute approximate surface area is 145 Å². The van der Waals surface area contributed by atoms with E-state index in [4.69, 9.17) is 0 Å². The lowest BCUT2D eigenvalue weighted by Gasteiger charge is -2.24. The number of hydrogen-bond acceptors (Lipinski definition) is 4. The number of benzene rings is 1. The van der Waals surface area contributed by atoms with Crippen molar-refractivity contribution in [2.75, 3.05) is 13.1 Å². The van der Waals surface area contributed by atoms with Crippen molar-refractivity contribution in [1.82, 2.24) is 19.8 Å². The molecule has 2 amide bonds. The van der Waals surface area contributed by atoms with E-state index in [0.717, 1.165) is 37.0 Å². The van der Waals surface area contributed by atoms with Gasteiger partial charge in [0.2, 0.25) is 11.8 Å². The van der Waals surface area contributed by atoms with Crippen molar-refractivity contribution in [3.8, 4) is 0 Å². The summed E-state index contributed by atoms with van der Waals surface area (Å²) in [5, 5.41) is 5.72. The summed E-state index contributed by atoms with van der Waals surface area (Å²) in [7, 11) is 1.76. The average molecular weight is 342 g/mol. The number of aromatic nitrogens is 2. The van der Waals surface area contributed by atoms with Crippen molar-refractivity contribution in [1.29, 1.82) is 0 Å². The van der Waals surface area contributed by atoms with Crippen LogP contribution in [0.5, 0.6) is 0 Å². The van der Waals surface area contributed by atoms with Crippen LogP contribution in [0.15, 0.2) is 23.0 Å². The van der Waals surface area contributed by atoms with Crippen molar-refractivity contribution in [2.24, 2.45) is 7.05 Å². The number of nitrogens with one attached hydrogen (secondary N) is 2. The molecule has 2 N–H and O–H groups in total. The molecule has 2 fully saturated rings. The summed E-state index contributed by atoms with van der Waals surface area (Å²) in [6.07, 6.45) is 2.70. The molecule has 1 aromatic heterocycles. The molecule has 2 aromatic rings. The van der Waals surface area contributed by atoms with E-state index in [-0.39, 0.29) is 18.0 Å². The maximum absolute atomic E-state index is 12.9. The highest BCUT2D eigenvalue weighted by atomic mass is 16.2. The topological polar surface area (TPSA) is 85.1 Å². The van der Waals surface area contributed by atoms with Gasteiger partial charge in [-0.2, -0.15) is 0 Å². The molecule has 2 aliphatic heterocycles. The minimum atomic E-state index is -0.628. The van der Waals surface area contributed by atoms with Gasteiger partial charge in [0, 0.05) is 13.5 Å². The Hall–Kier alpha value is -2.41. The van der Waals surface area contributed by atoms with E-state index >= 15 is 0 Å². The lowest BCUT2D eigenvalue weighted by molar-refractivity contribution is -0.135. The molecule has 25 heavy (non-hydrogen) atoms. The van der Waals surface area contributed by atoms with Gasteiger partial charge in [0.1, 0.15) is 6.04 Å². The molecule has 132 valence electrons. The monoisotopic (exact) mass is 342 g/mol. The first kappa shape index (κ1) is 16.1. The molecular weight excluding hydrogens is 320 g/mol. The highest BCUT2D eigenvalue weighted by molar-refractivity contribution is 6.00. The fourth-order valence-corrected chi connectivity index (χ4v) is 4.16. The molecule has 1 unspecified atom stereocenters. The maximum atomic E-state index is 12.9. The van der Waals surface area contributed by atoms with Crippen LogP contribution in [0.4, 0.5) is 0 Å². The Bertz CT molecular complexity index is 905. The highest BCUT2D eigenvalue weighted by Crippen LogP contribution is 2.32. The van der Waals surface area contributed by atoms with Crippen LogP contribution in [0.2, 0.25) is 0 Å². The molecule has 0 aliphatic carbocycles. The number of carbonyl (C=O) groups is 2. The normalized spacial score (nSPS) is 22.4. The summed E-state index contributed by atoms with van der Waals surface area (Å²) < 4.78 is 3.21. The van der Waals surface area contributed by atoms with Crippen molar-refractivity contribution in [3.63, 3.8) is 0 Å². The molecule has 1 atom stereocenters. The first-order chi connectivity index (χ1) is 12.1. The Morgan fingerprint density at radius 3 is 2.56 bits per heavy atom. The summed E-state index contributed by atoms with van der Waals surface area (Å²) in [6, 6.07) is 5.32. The van der Waals surface area contributed by atoms with Gasteiger partial charge in [-0.25, -0.2) is 4.79 Å². The average Bonchev–Trinajstić information content (AvgIpc) is 2.87. The van der Waals surface area contributed by atoms with E-state index in [2.05, 4.69) is 16.7 Å². The number of para-hydroxylation sites is 1. The first-order valence-corrected chi connectivity index (χ1v) is 8.82. The van der Waals surface area contributed by atoms with Gasteiger partial charge in [0.05, 0.1) is 11.0 Å². The maximum Gasteiger partial charge on any atom is 0.329 e. The molecule has 7 heteroatoms. The van der Waals surface area contributed by atoms with E-state index in [1.807, 2.05) is 12.1 Å². The smallest absolute Gasteiger partial charge is 0.317 e. The minimum absolute atomic E-state index is 0.203. The van der Waals surface area contributed by atoms with Gasteiger partial charge in [-0.05, 0) is 49.9 Å². The lowest BCUT2D eigenvalue weighted by Crippen LogP contribution is -2.44. The van der Waals surface area contributed by atoms with Gasteiger partial charge >= 0.3 is 5.69 Å². The first-order valence-electron chi connectivity index (χ1n) is 8.82. The van der Waals surface area contributed by atoms with Crippen LogP contribution >= 0.6 is 0 Å². The second kappa shape index (κ2) is 6.15. The number of fused-ring (bicyclic) bond motifs is 1. The standard InChI is InChI=1S/C18H22N4O3/c1-21-16-12(11-7-9-19-10-8-11)3-2-4-13(16)22(18(21)25)14-5-6-15(23)20-17(14)24/h2-4,11,14,19H,5-10H2,1H3,(H,20,23,24). The second-order valence-corrected chi connectivity index (χ2v) is 6.92. The van der Waals surface area contributed by atoms with E-state index in [9.17, 15) is 14.4 Å². The van der Waals surface area contributed by atoms with Crippen LogP contribution in [0.1, 0.15) is 43.2 Å². The molecular formula is C18H22N4O3. The lowest BCUT2D eigenvalue weighted by atomic mass is 9.89. The van der Waals surface area contributed by atoms with Crippen LogP contribution in [0, 0.1) is 0 Å². The SMILES string of the molecule is Cn1c(=O)n(C2CCC(=O)NC2=O)c2cccc(C3CCNCC3)c21. The summed E-state index contributed by atoms with van der Waals surface area (Å²) >= 11 is 0. The number of piperidine rings is 2. The van der Waals surface area contributed by atoms with E-state index in [0.29, 0.717) is 12.3 Å². The Morgan fingerprint density at radius 2 is 1.84 bits per heavy atom. The Morgan fingerprint density at radius 1 is 1.08 bits per heavy atom. The number of imide groups is 1. The van der Waals surface area contributed by atoms with Crippen molar-refractivity contribution < 1.29 is 9.59 Å². The number of imidazole rings is 1. The number of rotatable bonds is 2. The molecule has 0 spiro atoms. The van der Waals surface area contributed by atoms with Gasteiger partial charge in [-0.1, -0.05) is 12.1 Å². The van der Waals surface area contributed by atoms with Crippen LogP contribution < -0.4 is 16.3 Å². The molecule has 1 aromatic carbocycles. The third-order valence-electron chi connectivity index (χ3n) is 5.43. The molecule has 0 saturated carbocycles. The van der Waals surface area contributed by atoms with Gasteiger partial charge in [-0.3, -0.25) is 24.0 Å². The van der Waals surface area contributed by atoms with Gasteiger partial charge in [0.15, 0.2) is 0 Å². The fraction of sp³-hybridized carbons (Fsp3) is 0.500. The second-order valence-electron chi connectivity index (χ2n) is 6.92. The molecule has 3 heterocycles. The molecule has 7 nitrogen and oxygen atoms in total. The van der Waals surface area contributed by atoms with E-state index in [1.165, 1.54) is 5.56 Å². The Balaban J connectivity index is 1.86. The molecule has 2 aliphatic rings. The van der Waals surface area contributed by atoms with Gasteiger partial charge in [0.25, 0.3) is 0 Å². The zero-order valence-corrected chi connectivity index (χ0v) is 14.2. The summed E-state index contributed by atoms with van der Waals surface area (Å²) in [5.74, 6) is -0.254.